The lowest BCUT2D eigenvalue weighted by atomic mass is 10.1. The second kappa shape index (κ2) is 9.44. The molecule has 0 radical (unpaired) electrons. The molecule has 0 bridgehead atoms. The molecule has 0 N–H and O–H groups in total. The fourth-order valence-electron chi connectivity index (χ4n) is 3.13. The number of aromatic nitrogens is 3. The number of imide groups is 1. The lowest BCUT2D eigenvalue weighted by Crippen LogP contribution is -2.44. The van der Waals surface area contributed by atoms with Crippen molar-refractivity contribution in [1.82, 2.24) is 15.0 Å². The van der Waals surface area contributed by atoms with Gasteiger partial charge in [-0.05, 0) is 70.3 Å². The van der Waals surface area contributed by atoms with Crippen LogP contribution in [0.2, 0.25) is 0 Å². The average Bonchev–Trinajstić information content (AvgIpc) is 3.53. The van der Waals surface area contributed by atoms with Crippen LogP contribution in [0.4, 0.5) is 19.7 Å². The Morgan fingerprint density at radius 2 is 1.59 bits per heavy atom. The van der Waals surface area contributed by atoms with E-state index in [0.717, 1.165) is 12.8 Å². The maximum Gasteiger partial charge on any atom is 0.424 e. The molecule has 0 aromatic carbocycles. The molecule has 3 rings (SSSR count). The number of rotatable bonds is 4. The van der Waals surface area contributed by atoms with Crippen LogP contribution >= 0.6 is 15.9 Å². The first-order valence-electron chi connectivity index (χ1n) is 10.7. The first-order valence-corrected chi connectivity index (χ1v) is 11.5. The topological polar surface area (TPSA) is 104 Å². The number of hydrogen-bond donors (Lipinski definition) is 0. The largest absolute Gasteiger partial charge is 0.480 e. The van der Waals surface area contributed by atoms with Crippen molar-refractivity contribution in [2.24, 2.45) is 0 Å². The van der Waals surface area contributed by atoms with Gasteiger partial charge in [0.15, 0.2) is 5.82 Å². The van der Waals surface area contributed by atoms with Crippen LogP contribution in [-0.4, -0.2) is 45.5 Å². The zero-order chi connectivity index (χ0) is 25.4. The van der Waals surface area contributed by atoms with E-state index in [0.29, 0.717) is 10.6 Å². The Morgan fingerprint density at radius 1 is 1.03 bits per heavy atom. The Hall–Kier alpha value is -2.82. The van der Waals surface area contributed by atoms with Crippen molar-refractivity contribution < 1.29 is 28.2 Å². The average molecular weight is 539 g/mol. The highest BCUT2D eigenvalue weighted by Crippen LogP contribution is 2.47. The molecule has 184 valence electrons. The van der Waals surface area contributed by atoms with Gasteiger partial charge < -0.3 is 14.2 Å². The molecule has 11 heteroatoms. The molecule has 0 aliphatic heterocycles. The molecule has 0 spiro atoms. The summed E-state index contributed by atoms with van der Waals surface area (Å²) < 4.78 is 32.4. The van der Waals surface area contributed by atoms with E-state index in [1.54, 1.807) is 41.5 Å². The van der Waals surface area contributed by atoms with E-state index in [4.69, 9.17) is 14.2 Å². The Labute approximate surface area is 206 Å². The fourth-order valence-corrected chi connectivity index (χ4v) is 3.59. The number of halogens is 2. The highest BCUT2D eigenvalue weighted by atomic mass is 79.9. The Kier molecular flexibility index (Phi) is 7.16. The summed E-state index contributed by atoms with van der Waals surface area (Å²) in [5, 5.41) is 0. The van der Waals surface area contributed by atoms with Gasteiger partial charge >= 0.3 is 12.2 Å². The number of hydrogen-bond acceptors (Lipinski definition) is 8. The van der Waals surface area contributed by atoms with Crippen molar-refractivity contribution in [1.29, 1.82) is 0 Å². The maximum absolute atomic E-state index is 16.2. The van der Waals surface area contributed by atoms with E-state index in [-0.39, 0.29) is 27.5 Å². The number of carbonyl (C=O) groups excluding carboxylic acids is 2. The van der Waals surface area contributed by atoms with Gasteiger partial charge in [0.2, 0.25) is 5.88 Å². The van der Waals surface area contributed by atoms with E-state index in [2.05, 4.69) is 30.9 Å². The smallest absolute Gasteiger partial charge is 0.424 e. The van der Waals surface area contributed by atoms with Crippen LogP contribution < -0.4 is 9.64 Å². The number of anilines is 1. The minimum absolute atomic E-state index is 0.0502. The van der Waals surface area contributed by atoms with E-state index in [1.165, 1.54) is 19.6 Å². The summed E-state index contributed by atoms with van der Waals surface area (Å²) in [5.74, 6) is -0.702. The predicted octanol–water partition coefficient (Wildman–Crippen LogP) is 6.00. The van der Waals surface area contributed by atoms with Crippen LogP contribution in [0.5, 0.6) is 5.88 Å². The van der Waals surface area contributed by atoms with E-state index in [9.17, 15) is 9.59 Å². The van der Waals surface area contributed by atoms with Crippen LogP contribution in [0, 0.1) is 5.82 Å². The SMILES string of the molecule is COc1ncnc(C2CC2)c1-c1ncc(Br)c(N(C(=O)OC(C)(C)C)C(=O)OC(C)(C)C)c1F. The second-order valence-corrected chi connectivity index (χ2v) is 10.7. The van der Waals surface area contributed by atoms with Gasteiger partial charge in [-0.1, -0.05) is 0 Å². The molecule has 1 aliphatic rings. The Bertz CT molecular complexity index is 1080. The van der Waals surface area contributed by atoms with Crippen molar-refractivity contribution in [2.45, 2.75) is 71.5 Å². The Balaban J connectivity index is 2.22. The summed E-state index contributed by atoms with van der Waals surface area (Å²) in [6.45, 7) is 9.81. The zero-order valence-electron chi connectivity index (χ0n) is 20.2. The zero-order valence-corrected chi connectivity index (χ0v) is 21.8. The molecule has 0 unspecified atom stereocenters. The van der Waals surface area contributed by atoms with E-state index >= 15 is 4.39 Å². The van der Waals surface area contributed by atoms with Crippen LogP contribution in [0.1, 0.15) is 66.0 Å². The van der Waals surface area contributed by atoms with Gasteiger partial charge in [0.25, 0.3) is 0 Å². The van der Waals surface area contributed by atoms with Gasteiger partial charge in [-0.25, -0.2) is 23.9 Å². The number of pyridine rings is 1. The van der Waals surface area contributed by atoms with Crippen LogP contribution in [0.25, 0.3) is 11.3 Å². The molecule has 2 amide bonds. The normalized spacial score (nSPS) is 13.9. The fraction of sp³-hybridized carbons (Fsp3) is 0.522. The van der Waals surface area contributed by atoms with Crippen molar-refractivity contribution in [3.8, 4) is 17.1 Å². The number of ether oxygens (including phenoxy) is 3. The van der Waals surface area contributed by atoms with Gasteiger partial charge in [0, 0.05) is 12.1 Å². The number of carbonyl (C=O) groups is 2. The predicted molar refractivity (Wildman–Crippen MR) is 126 cm³/mol. The third-order valence-corrected chi connectivity index (χ3v) is 5.14. The summed E-state index contributed by atoms with van der Waals surface area (Å²) in [6, 6.07) is 0. The molecule has 34 heavy (non-hydrogen) atoms. The van der Waals surface area contributed by atoms with Gasteiger partial charge in [0.05, 0.1) is 22.8 Å². The van der Waals surface area contributed by atoms with Gasteiger partial charge in [-0.2, -0.15) is 4.90 Å². The summed E-state index contributed by atoms with van der Waals surface area (Å²) in [4.78, 5) is 39.4. The molecule has 1 fully saturated rings. The summed E-state index contributed by atoms with van der Waals surface area (Å²) in [7, 11) is 1.41. The third kappa shape index (κ3) is 5.81. The third-order valence-electron chi connectivity index (χ3n) is 4.56. The van der Waals surface area contributed by atoms with Gasteiger partial charge in [-0.3, -0.25) is 4.98 Å². The minimum atomic E-state index is -1.10. The van der Waals surface area contributed by atoms with E-state index in [1.807, 2.05) is 0 Å². The maximum atomic E-state index is 16.2. The van der Waals surface area contributed by atoms with Crippen molar-refractivity contribution in [2.75, 3.05) is 12.0 Å². The van der Waals surface area contributed by atoms with Gasteiger partial charge in [0.1, 0.15) is 28.9 Å². The molecule has 2 aromatic heterocycles. The van der Waals surface area contributed by atoms with Crippen molar-refractivity contribution in [3.05, 3.63) is 28.5 Å². The standard InChI is InChI=1S/C23H28BrFN4O5/c1-22(2,3)33-20(30)29(21(31)34-23(4,5)6)18-13(24)10-26-17(15(18)25)14-16(12-8-9-12)27-11-28-19(14)32-7/h10-12H,8-9H2,1-7H3. The van der Waals surface area contributed by atoms with Crippen LogP contribution in [0.3, 0.4) is 0 Å². The molecule has 0 atom stereocenters. The Morgan fingerprint density at radius 3 is 2.06 bits per heavy atom. The van der Waals surface area contributed by atoms with Crippen LogP contribution in [0.15, 0.2) is 17.0 Å². The lowest BCUT2D eigenvalue weighted by Gasteiger charge is -2.29. The number of nitrogens with zero attached hydrogens (tertiary/aromatic N) is 4. The number of methoxy groups -OCH3 is 1. The summed E-state index contributed by atoms with van der Waals surface area (Å²) in [5.41, 5.74) is -1.60. The molecule has 1 saturated carbocycles. The summed E-state index contributed by atoms with van der Waals surface area (Å²) in [6.07, 6.45) is 2.22. The molecule has 0 saturated heterocycles. The summed E-state index contributed by atoms with van der Waals surface area (Å²) >= 11 is 3.22. The first-order chi connectivity index (χ1) is 15.7. The highest BCUT2D eigenvalue weighted by molar-refractivity contribution is 9.10. The van der Waals surface area contributed by atoms with Crippen molar-refractivity contribution >= 4 is 33.8 Å². The lowest BCUT2D eigenvalue weighted by molar-refractivity contribution is 0.0428. The molecular formula is C23H28BrFN4O5. The molecule has 2 aromatic rings. The number of amides is 2. The van der Waals surface area contributed by atoms with E-state index < -0.39 is 34.9 Å². The molecule has 9 nitrogen and oxygen atoms in total. The van der Waals surface area contributed by atoms with Gasteiger partial charge in [-0.15, -0.1) is 0 Å². The van der Waals surface area contributed by atoms with Crippen molar-refractivity contribution in [3.63, 3.8) is 0 Å². The highest BCUT2D eigenvalue weighted by Gasteiger charge is 2.38. The molecule has 1 aliphatic carbocycles. The van der Waals surface area contributed by atoms with Crippen LogP contribution in [-0.2, 0) is 9.47 Å². The second-order valence-electron chi connectivity index (χ2n) is 9.83. The first kappa shape index (κ1) is 25.8. The molecule has 2 heterocycles. The monoisotopic (exact) mass is 538 g/mol. The molecular weight excluding hydrogens is 511 g/mol. The minimum Gasteiger partial charge on any atom is -0.480 e. The quantitative estimate of drug-likeness (QED) is 0.466.